The number of thiazole rings is 1. The first-order valence-corrected chi connectivity index (χ1v) is 10.5. The first kappa shape index (κ1) is 21.3. The van der Waals surface area contributed by atoms with Crippen LogP contribution >= 0.6 is 11.3 Å². The molecule has 8 heteroatoms. The molecule has 156 valence electrons. The number of nitrogens with zero attached hydrogens (tertiary/aromatic N) is 2. The molecule has 3 aromatic rings. The number of anilines is 1. The van der Waals surface area contributed by atoms with E-state index in [1.807, 2.05) is 47.8 Å². The smallest absolute Gasteiger partial charge is 0.317 e. The zero-order valence-corrected chi connectivity index (χ0v) is 17.5. The third-order valence-electron chi connectivity index (χ3n) is 4.26. The lowest BCUT2D eigenvalue weighted by molar-refractivity contribution is -0.116. The Morgan fingerprint density at radius 2 is 1.87 bits per heavy atom. The van der Waals surface area contributed by atoms with Gasteiger partial charge in [-0.1, -0.05) is 42.5 Å². The van der Waals surface area contributed by atoms with Gasteiger partial charge in [-0.15, -0.1) is 11.3 Å². The highest BCUT2D eigenvalue weighted by atomic mass is 32.1. The van der Waals surface area contributed by atoms with Crippen molar-refractivity contribution in [3.8, 4) is 5.75 Å². The van der Waals surface area contributed by atoms with Crippen LogP contribution in [-0.4, -0.2) is 35.4 Å². The van der Waals surface area contributed by atoms with E-state index in [4.69, 9.17) is 4.74 Å². The van der Waals surface area contributed by atoms with Gasteiger partial charge in [0.25, 0.3) is 0 Å². The fourth-order valence-electron chi connectivity index (χ4n) is 2.72. The van der Waals surface area contributed by atoms with Gasteiger partial charge in [0.05, 0.1) is 16.9 Å². The molecule has 7 nitrogen and oxygen atoms in total. The average molecular weight is 425 g/mol. The molecular formula is C22H24N4O3S. The number of ether oxygens (including phenoxy) is 1. The lowest BCUT2D eigenvalue weighted by Gasteiger charge is -2.18. The van der Waals surface area contributed by atoms with Crippen molar-refractivity contribution in [3.05, 3.63) is 76.7 Å². The number of nitrogens with one attached hydrogen (secondary N) is 2. The summed E-state index contributed by atoms with van der Waals surface area (Å²) in [5.74, 6) is 0.371. The maximum absolute atomic E-state index is 12.3. The molecule has 3 rings (SSSR count). The molecule has 0 radical (unpaired) electrons. The quantitative estimate of drug-likeness (QED) is 0.546. The van der Waals surface area contributed by atoms with Crippen LogP contribution in [0.15, 0.2) is 65.5 Å². The Morgan fingerprint density at radius 1 is 1.10 bits per heavy atom. The van der Waals surface area contributed by atoms with Crippen LogP contribution in [0, 0.1) is 0 Å². The predicted octanol–water partition coefficient (Wildman–Crippen LogP) is 3.89. The zero-order valence-electron chi connectivity index (χ0n) is 16.7. The molecule has 3 amide bonds. The van der Waals surface area contributed by atoms with Gasteiger partial charge < -0.3 is 20.3 Å². The molecule has 0 fully saturated rings. The third kappa shape index (κ3) is 6.59. The highest BCUT2D eigenvalue weighted by Crippen LogP contribution is 2.24. The maximum atomic E-state index is 12.3. The van der Waals surface area contributed by atoms with Gasteiger partial charge in [-0.3, -0.25) is 4.79 Å². The molecule has 0 aliphatic carbocycles. The number of carbonyl (C=O) groups is 2. The van der Waals surface area contributed by atoms with Crippen molar-refractivity contribution in [2.45, 2.75) is 19.6 Å². The summed E-state index contributed by atoms with van der Waals surface area (Å²) < 4.78 is 5.77. The van der Waals surface area contributed by atoms with Gasteiger partial charge in [0.2, 0.25) is 5.91 Å². The van der Waals surface area contributed by atoms with E-state index < -0.39 is 0 Å². The normalized spacial score (nSPS) is 10.3. The Morgan fingerprint density at radius 3 is 2.63 bits per heavy atom. The molecule has 2 N–H and O–H groups in total. The molecular weight excluding hydrogens is 400 g/mol. The van der Waals surface area contributed by atoms with Crippen molar-refractivity contribution in [2.24, 2.45) is 0 Å². The summed E-state index contributed by atoms with van der Waals surface area (Å²) in [6.45, 7) is 1.08. The van der Waals surface area contributed by atoms with Gasteiger partial charge in [0.1, 0.15) is 12.4 Å². The van der Waals surface area contributed by atoms with E-state index >= 15 is 0 Å². The summed E-state index contributed by atoms with van der Waals surface area (Å²) in [5, 5.41) is 7.52. The average Bonchev–Trinajstić information content (AvgIpc) is 3.27. The first-order valence-electron chi connectivity index (χ1n) is 9.53. The molecule has 1 aromatic heterocycles. The van der Waals surface area contributed by atoms with E-state index in [1.54, 1.807) is 29.6 Å². The van der Waals surface area contributed by atoms with Gasteiger partial charge >= 0.3 is 6.03 Å². The summed E-state index contributed by atoms with van der Waals surface area (Å²) in [5.41, 5.74) is 4.22. The van der Waals surface area contributed by atoms with E-state index in [0.29, 0.717) is 24.6 Å². The van der Waals surface area contributed by atoms with Gasteiger partial charge in [0, 0.05) is 31.9 Å². The van der Waals surface area contributed by atoms with Gasteiger partial charge in [0.15, 0.2) is 0 Å². The molecule has 0 saturated carbocycles. The Labute approximate surface area is 179 Å². The fraction of sp³-hybridized carbons (Fsp3) is 0.227. The van der Waals surface area contributed by atoms with Crippen molar-refractivity contribution >= 4 is 29.0 Å². The Balaban J connectivity index is 1.43. The molecule has 2 aromatic carbocycles. The van der Waals surface area contributed by atoms with Crippen LogP contribution in [0.2, 0.25) is 0 Å². The van der Waals surface area contributed by atoms with Crippen molar-refractivity contribution < 1.29 is 14.3 Å². The molecule has 0 aliphatic rings. The van der Waals surface area contributed by atoms with Crippen molar-refractivity contribution in [1.82, 2.24) is 15.2 Å². The number of para-hydroxylation sites is 2. The number of urea groups is 1. The molecule has 0 unspecified atom stereocenters. The van der Waals surface area contributed by atoms with Crippen LogP contribution in [0.5, 0.6) is 5.75 Å². The van der Waals surface area contributed by atoms with E-state index in [2.05, 4.69) is 15.6 Å². The van der Waals surface area contributed by atoms with E-state index in [9.17, 15) is 9.59 Å². The number of amides is 3. The Kier molecular flexibility index (Phi) is 7.79. The maximum Gasteiger partial charge on any atom is 0.317 e. The molecule has 0 saturated heterocycles. The number of aromatic nitrogens is 1. The van der Waals surface area contributed by atoms with Crippen LogP contribution in [0.1, 0.15) is 17.7 Å². The number of rotatable bonds is 9. The third-order valence-corrected chi connectivity index (χ3v) is 4.89. The molecule has 1 heterocycles. The summed E-state index contributed by atoms with van der Waals surface area (Å²) in [7, 11) is 1.72. The van der Waals surface area contributed by atoms with E-state index in [-0.39, 0.29) is 24.9 Å². The van der Waals surface area contributed by atoms with Gasteiger partial charge in [-0.05, 0) is 17.7 Å². The minimum Gasteiger partial charge on any atom is -0.485 e. The van der Waals surface area contributed by atoms with Crippen LogP contribution in [0.25, 0.3) is 0 Å². The molecule has 0 atom stereocenters. The second kappa shape index (κ2) is 11.0. The predicted molar refractivity (Wildman–Crippen MR) is 117 cm³/mol. The van der Waals surface area contributed by atoms with Crippen molar-refractivity contribution in [1.29, 1.82) is 0 Å². The largest absolute Gasteiger partial charge is 0.485 e. The summed E-state index contributed by atoms with van der Waals surface area (Å²) in [4.78, 5) is 30.3. The number of benzene rings is 2. The molecule has 30 heavy (non-hydrogen) atoms. The van der Waals surface area contributed by atoms with Crippen LogP contribution in [0.3, 0.4) is 0 Å². The van der Waals surface area contributed by atoms with Crippen LogP contribution in [0.4, 0.5) is 10.5 Å². The van der Waals surface area contributed by atoms with Gasteiger partial charge in [-0.25, -0.2) is 9.78 Å². The highest BCUT2D eigenvalue weighted by molar-refractivity contribution is 7.07. The Bertz CT molecular complexity index is 948. The van der Waals surface area contributed by atoms with Crippen LogP contribution in [-0.2, 0) is 17.9 Å². The summed E-state index contributed by atoms with van der Waals surface area (Å²) in [6.07, 6.45) is 0.158. The topological polar surface area (TPSA) is 83.6 Å². The SMILES string of the molecule is CN(Cc1ccccc1)C(=O)NCCC(=O)Nc1ccccc1OCc1cscn1. The number of hydrogen-bond acceptors (Lipinski definition) is 5. The van der Waals surface area contributed by atoms with Gasteiger partial charge in [-0.2, -0.15) is 0 Å². The minimum atomic E-state index is -0.223. The summed E-state index contributed by atoms with van der Waals surface area (Å²) >= 11 is 1.50. The van der Waals surface area contributed by atoms with Crippen molar-refractivity contribution in [2.75, 3.05) is 18.9 Å². The molecule has 0 bridgehead atoms. The van der Waals surface area contributed by atoms with Crippen LogP contribution < -0.4 is 15.4 Å². The lowest BCUT2D eigenvalue weighted by Crippen LogP contribution is -2.38. The fourth-order valence-corrected chi connectivity index (χ4v) is 3.26. The zero-order chi connectivity index (χ0) is 21.2. The summed E-state index contributed by atoms with van der Waals surface area (Å²) in [6, 6.07) is 16.7. The minimum absolute atomic E-state index is 0.158. The number of hydrogen-bond donors (Lipinski definition) is 2. The second-order valence-electron chi connectivity index (χ2n) is 6.64. The van der Waals surface area contributed by atoms with E-state index in [0.717, 1.165) is 11.3 Å². The standard InChI is InChI=1S/C22H24N4O3S/c1-26(13-17-7-3-2-4-8-17)22(28)23-12-11-21(27)25-19-9-5-6-10-20(19)29-14-18-15-30-16-24-18/h2-10,15-16H,11-14H2,1H3,(H,23,28)(H,25,27). The second-order valence-corrected chi connectivity index (χ2v) is 7.36. The molecule has 0 aliphatic heterocycles. The lowest BCUT2D eigenvalue weighted by atomic mass is 10.2. The highest BCUT2D eigenvalue weighted by Gasteiger charge is 2.11. The Hall–Kier alpha value is -3.39. The van der Waals surface area contributed by atoms with Crippen molar-refractivity contribution in [3.63, 3.8) is 0 Å². The number of carbonyl (C=O) groups excluding carboxylic acids is 2. The monoisotopic (exact) mass is 424 g/mol. The first-order chi connectivity index (χ1) is 14.6. The van der Waals surface area contributed by atoms with E-state index in [1.165, 1.54) is 11.3 Å². The molecule has 0 spiro atoms.